The van der Waals surface area contributed by atoms with Gasteiger partial charge in [0.25, 0.3) is 5.91 Å². The molecule has 0 spiro atoms. The molecule has 0 radical (unpaired) electrons. The maximum Gasteiger partial charge on any atom is 0.328 e. The molecule has 1 aromatic heterocycles. The topological polar surface area (TPSA) is 97.0 Å². The molecule has 1 rings (SSSR count). The molecular weight excluding hydrogens is 212 g/mol. The Morgan fingerprint density at radius 3 is 2.62 bits per heavy atom. The Balaban J connectivity index is 2.69. The largest absolute Gasteiger partial charge is 0.467 e. The molecule has 0 saturated heterocycles. The molecule has 16 heavy (non-hydrogen) atoms. The predicted molar refractivity (Wildman–Crippen MR) is 54.5 cm³/mol. The van der Waals surface area contributed by atoms with Crippen molar-refractivity contribution >= 4 is 11.9 Å². The van der Waals surface area contributed by atoms with Crippen LogP contribution in [0.3, 0.4) is 0 Å². The van der Waals surface area contributed by atoms with E-state index < -0.39 is 17.9 Å². The van der Waals surface area contributed by atoms with Gasteiger partial charge < -0.3 is 10.1 Å². The number of nitrogens with one attached hydrogen (secondary N) is 2. The Kier molecular flexibility index (Phi) is 3.98. The van der Waals surface area contributed by atoms with Gasteiger partial charge in [0.2, 0.25) is 5.82 Å². The number of nitrogens with zero attached hydrogens (tertiary/aromatic N) is 2. The average Bonchev–Trinajstić information content (AvgIpc) is 2.77. The Morgan fingerprint density at radius 2 is 2.19 bits per heavy atom. The number of rotatable bonds is 4. The lowest BCUT2D eigenvalue weighted by Crippen LogP contribution is -2.45. The van der Waals surface area contributed by atoms with Crippen molar-refractivity contribution in [2.24, 2.45) is 5.92 Å². The molecule has 0 aliphatic carbocycles. The number of aromatic amines is 1. The van der Waals surface area contributed by atoms with Crippen molar-refractivity contribution in [2.75, 3.05) is 7.11 Å². The predicted octanol–water partition coefficient (Wildman–Crippen LogP) is -0.268. The van der Waals surface area contributed by atoms with Crippen LogP contribution in [0.2, 0.25) is 0 Å². The highest BCUT2D eigenvalue weighted by Crippen LogP contribution is 2.04. The highest BCUT2D eigenvalue weighted by Gasteiger charge is 2.26. The number of methoxy groups -OCH3 is 1. The molecule has 0 aromatic carbocycles. The van der Waals surface area contributed by atoms with E-state index in [9.17, 15) is 9.59 Å². The molecule has 0 saturated carbocycles. The van der Waals surface area contributed by atoms with E-state index in [1.165, 1.54) is 13.4 Å². The number of H-pyrrole nitrogens is 1. The summed E-state index contributed by atoms with van der Waals surface area (Å²) in [7, 11) is 1.28. The number of ether oxygens (including phenoxy) is 1. The van der Waals surface area contributed by atoms with Crippen molar-refractivity contribution < 1.29 is 14.3 Å². The molecule has 7 nitrogen and oxygen atoms in total. The zero-order chi connectivity index (χ0) is 12.1. The van der Waals surface area contributed by atoms with Crippen LogP contribution < -0.4 is 5.32 Å². The van der Waals surface area contributed by atoms with Gasteiger partial charge in [-0.3, -0.25) is 9.89 Å². The monoisotopic (exact) mass is 226 g/mol. The lowest BCUT2D eigenvalue weighted by molar-refractivity contribution is -0.144. The van der Waals surface area contributed by atoms with Crippen LogP contribution in [0, 0.1) is 5.92 Å². The highest BCUT2D eigenvalue weighted by molar-refractivity contribution is 5.93. The summed E-state index contributed by atoms with van der Waals surface area (Å²) in [5.74, 6) is -0.974. The SMILES string of the molecule is COC(=O)C(NC(=O)c1ncn[nH]1)C(C)C. The molecule has 7 heteroatoms. The van der Waals surface area contributed by atoms with Crippen molar-refractivity contribution in [3.8, 4) is 0 Å². The summed E-state index contributed by atoms with van der Waals surface area (Å²) in [4.78, 5) is 26.6. The number of hydrogen-bond donors (Lipinski definition) is 2. The number of hydrogen-bond acceptors (Lipinski definition) is 5. The fourth-order valence-electron chi connectivity index (χ4n) is 1.15. The van der Waals surface area contributed by atoms with Gasteiger partial charge in [-0.15, -0.1) is 0 Å². The Hall–Kier alpha value is -1.92. The first-order chi connectivity index (χ1) is 7.56. The standard InChI is InChI=1S/C9H14N4O3/c1-5(2)6(9(15)16-3)12-8(14)7-10-4-11-13-7/h4-6H,1-3H3,(H,12,14)(H,10,11,13). The van der Waals surface area contributed by atoms with E-state index in [1.54, 1.807) is 0 Å². The fourth-order valence-corrected chi connectivity index (χ4v) is 1.15. The molecule has 2 N–H and O–H groups in total. The molecule has 1 unspecified atom stereocenters. The van der Waals surface area contributed by atoms with Crippen molar-refractivity contribution in [1.29, 1.82) is 0 Å². The first kappa shape index (κ1) is 12.2. The van der Waals surface area contributed by atoms with Crippen LogP contribution in [0.5, 0.6) is 0 Å². The van der Waals surface area contributed by atoms with E-state index in [2.05, 4.69) is 25.2 Å². The number of esters is 1. The molecule has 1 heterocycles. The van der Waals surface area contributed by atoms with Crippen molar-refractivity contribution in [1.82, 2.24) is 20.5 Å². The lowest BCUT2D eigenvalue weighted by Gasteiger charge is -2.18. The molecule has 0 aliphatic heterocycles. The summed E-state index contributed by atoms with van der Waals surface area (Å²) in [6.45, 7) is 3.62. The fraction of sp³-hybridized carbons (Fsp3) is 0.556. The first-order valence-corrected chi connectivity index (χ1v) is 4.80. The van der Waals surface area contributed by atoms with Gasteiger partial charge in [-0.1, -0.05) is 13.8 Å². The van der Waals surface area contributed by atoms with Gasteiger partial charge in [-0.05, 0) is 5.92 Å². The zero-order valence-corrected chi connectivity index (χ0v) is 9.35. The van der Waals surface area contributed by atoms with Crippen molar-refractivity contribution in [3.63, 3.8) is 0 Å². The normalized spacial score (nSPS) is 12.2. The van der Waals surface area contributed by atoms with Crippen LogP contribution in [-0.4, -0.2) is 40.2 Å². The Morgan fingerprint density at radius 1 is 1.50 bits per heavy atom. The minimum atomic E-state index is -0.692. The maximum atomic E-state index is 11.6. The summed E-state index contributed by atoms with van der Waals surface area (Å²) in [5.41, 5.74) is 0. The molecule has 1 atom stereocenters. The summed E-state index contributed by atoms with van der Waals surface area (Å²) < 4.78 is 4.59. The molecule has 1 amide bonds. The molecule has 0 fully saturated rings. The van der Waals surface area contributed by atoms with Gasteiger partial charge >= 0.3 is 5.97 Å². The van der Waals surface area contributed by atoms with Gasteiger partial charge in [0, 0.05) is 0 Å². The third kappa shape index (κ3) is 2.78. The first-order valence-electron chi connectivity index (χ1n) is 4.80. The summed E-state index contributed by atoms with van der Waals surface area (Å²) in [6, 6.07) is -0.692. The van der Waals surface area contributed by atoms with Gasteiger partial charge in [-0.2, -0.15) is 5.10 Å². The van der Waals surface area contributed by atoms with Gasteiger partial charge in [-0.25, -0.2) is 9.78 Å². The third-order valence-corrected chi connectivity index (χ3v) is 2.04. The van der Waals surface area contributed by atoms with Crippen LogP contribution in [0.15, 0.2) is 6.33 Å². The Labute approximate surface area is 92.6 Å². The number of carbonyl (C=O) groups is 2. The van der Waals surface area contributed by atoms with Gasteiger partial charge in [0.15, 0.2) is 0 Å². The number of aromatic nitrogens is 3. The maximum absolute atomic E-state index is 11.6. The van der Waals surface area contributed by atoms with Crippen molar-refractivity contribution in [3.05, 3.63) is 12.2 Å². The second kappa shape index (κ2) is 5.24. The van der Waals surface area contributed by atoms with E-state index in [4.69, 9.17) is 0 Å². The van der Waals surface area contributed by atoms with E-state index in [0.717, 1.165) is 0 Å². The molecular formula is C9H14N4O3. The minimum Gasteiger partial charge on any atom is -0.467 e. The smallest absolute Gasteiger partial charge is 0.328 e. The van der Waals surface area contributed by atoms with Crippen LogP contribution in [-0.2, 0) is 9.53 Å². The number of amides is 1. The molecule has 88 valence electrons. The molecule has 1 aromatic rings. The lowest BCUT2D eigenvalue weighted by atomic mass is 10.0. The zero-order valence-electron chi connectivity index (χ0n) is 9.35. The third-order valence-electron chi connectivity index (χ3n) is 2.04. The van der Waals surface area contributed by atoms with Crippen LogP contribution in [0.25, 0.3) is 0 Å². The van der Waals surface area contributed by atoms with Crippen LogP contribution in [0.4, 0.5) is 0 Å². The second-order valence-electron chi connectivity index (χ2n) is 3.55. The Bertz CT molecular complexity index is 361. The van der Waals surface area contributed by atoms with E-state index in [1.807, 2.05) is 13.8 Å². The molecule has 0 bridgehead atoms. The molecule has 0 aliphatic rings. The second-order valence-corrected chi connectivity index (χ2v) is 3.55. The summed E-state index contributed by atoms with van der Waals surface area (Å²) in [5, 5.41) is 8.48. The van der Waals surface area contributed by atoms with Crippen LogP contribution in [0.1, 0.15) is 24.5 Å². The van der Waals surface area contributed by atoms with Crippen LogP contribution >= 0.6 is 0 Å². The minimum absolute atomic E-state index is 0.0644. The average molecular weight is 226 g/mol. The van der Waals surface area contributed by atoms with E-state index in [0.29, 0.717) is 0 Å². The quantitative estimate of drug-likeness (QED) is 0.689. The van der Waals surface area contributed by atoms with Crippen molar-refractivity contribution in [2.45, 2.75) is 19.9 Å². The van der Waals surface area contributed by atoms with E-state index >= 15 is 0 Å². The summed E-state index contributed by atoms with van der Waals surface area (Å²) in [6.07, 6.45) is 1.22. The highest BCUT2D eigenvalue weighted by atomic mass is 16.5. The number of carbonyl (C=O) groups excluding carboxylic acids is 2. The van der Waals surface area contributed by atoms with E-state index in [-0.39, 0.29) is 11.7 Å². The summed E-state index contributed by atoms with van der Waals surface area (Å²) >= 11 is 0. The van der Waals surface area contributed by atoms with Gasteiger partial charge in [0.1, 0.15) is 12.4 Å². The van der Waals surface area contributed by atoms with Gasteiger partial charge in [0.05, 0.1) is 7.11 Å².